The Morgan fingerprint density at radius 3 is 2.89 bits per heavy atom. The maximum atomic E-state index is 11.9. The Hall–Kier alpha value is -0.700. The van der Waals surface area contributed by atoms with E-state index < -0.39 is 10.0 Å². The number of ether oxygens (including phenoxy) is 1. The first-order chi connectivity index (χ1) is 8.96. The Bertz CT molecular complexity index is 385. The van der Waals surface area contributed by atoms with Gasteiger partial charge in [0.1, 0.15) is 0 Å². The van der Waals surface area contributed by atoms with Gasteiger partial charge in [-0.1, -0.05) is 0 Å². The van der Waals surface area contributed by atoms with Crippen molar-refractivity contribution in [3.8, 4) is 0 Å². The fourth-order valence-electron chi connectivity index (χ4n) is 1.87. The minimum atomic E-state index is -3.44. The van der Waals surface area contributed by atoms with Crippen LogP contribution < -0.4 is 10.0 Å². The normalized spacial score (nSPS) is 20.5. The van der Waals surface area contributed by atoms with Gasteiger partial charge in [-0.2, -0.15) is 0 Å². The number of carbonyl (C=O) groups is 1. The first kappa shape index (κ1) is 16.4. The minimum absolute atomic E-state index is 0.0918. The fraction of sp³-hybridized carbons (Fsp3) is 0.909. The summed E-state index contributed by atoms with van der Waals surface area (Å²) >= 11 is 0. The molecule has 0 bridgehead atoms. The first-order valence-corrected chi connectivity index (χ1v) is 8.16. The van der Waals surface area contributed by atoms with Crippen LogP contribution in [0.2, 0.25) is 0 Å². The molecule has 1 amide bonds. The second-order valence-electron chi connectivity index (χ2n) is 4.48. The average Bonchev–Trinajstić information content (AvgIpc) is 2.37. The van der Waals surface area contributed by atoms with Crippen LogP contribution in [-0.2, 0) is 19.6 Å². The van der Waals surface area contributed by atoms with Gasteiger partial charge < -0.3 is 15.0 Å². The fourth-order valence-corrected chi connectivity index (χ4v) is 2.69. The molecule has 0 aliphatic carbocycles. The molecule has 112 valence electrons. The van der Waals surface area contributed by atoms with Crippen LogP contribution in [0, 0.1) is 0 Å². The molecule has 1 aliphatic rings. The molecule has 0 aromatic carbocycles. The second kappa shape index (κ2) is 7.78. The third-order valence-electron chi connectivity index (χ3n) is 2.97. The molecule has 0 radical (unpaired) electrons. The predicted octanol–water partition coefficient (Wildman–Crippen LogP) is -1.24. The van der Waals surface area contributed by atoms with E-state index in [-0.39, 0.29) is 30.9 Å². The summed E-state index contributed by atoms with van der Waals surface area (Å²) in [5.74, 6) is -0.306. The Balaban J connectivity index is 2.36. The van der Waals surface area contributed by atoms with Crippen LogP contribution in [0.5, 0.6) is 0 Å². The third kappa shape index (κ3) is 5.85. The average molecular weight is 293 g/mol. The number of amides is 1. The zero-order valence-corrected chi connectivity index (χ0v) is 12.3. The maximum absolute atomic E-state index is 11.9. The van der Waals surface area contributed by atoms with Crippen LogP contribution in [0.3, 0.4) is 0 Å². The standard InChI is InChI=1S/C11H23N3O4S/c1-3-18-6-7-19(16,17)13-9-11(15)14-5-4-12-8-10(14)2/h10,12-13H,3-9H2,1-2H3/t10-/m1/s1. The van der Waals surface area contributed by atoms with Crippen LogP contribution in [0.4, 0.5) is 0 Å². The van der Waals surface area contributed by atoms with Gasteiger partial charge in [0.05, 0.1) is 18.9 Å². The summed E-state index contributed by atoms with van der Waals surface area (Å²) in [6, 6.07) is 0.0918. The molecule has 0 saturated carbocycles. The zero-order chi connectivity index (χ0) is 14.3. The topological polar surface area (TPSA) is 87.7 Å². The lowest BCUT2D eigenvalue weighted by Crippen LogP contribution is -2.54. The summed E-state index contributed by atoms with van der Waals surface area (Å²) in [4.78, 5) is 13.6. The maximum Gasteiger partial charge on any atom is 0.237 e. The summed E-state index contributed by atoms with van der Waals surface area (Å²) in [6.07, 6.45) is 0. The molecule has 0 unspecified atom stereocenters. The van der Waals surface area contributed by atoms with Gasteiger partial charge >= 0.3 is 0 Å². The van der Waals surface area contributed by atoms with Gasteiger partial charge in [0.2, 0.25) is 15.9 Å². The van der Waals surface area contributed by atoms with Crippen molar-refractivity contribution in [3.05, 3.63) is 0 Å². The molecule has 1 aliphatic heterocycles. The summed E-state index contributed by atoms with van der Waals surface area (Å²) in [6.45, 7) is 6.27. The van der Waals surface area contributed by atoms with E-state index in [0.717, 1.165) is 13.1 Å². The van der Waals surface area contributed by atoms with Crippen molar-refractivity contribution in [2.24, 2.45) is 0 Å². The molecular weight excluding hydrogens is 270 g/mol. The Labute approximate surface area is 114 Å². The monoisotopic (exact) mass is 293 g/mol. The zero-order valence-electron chi connectivity index (χ0n) is 11.5. The quantitative estimate of drug-likeness (QED) is 0.574. The van der Waals surface area contributed by atoms with Gasteiger partial charge in [-0.15, -0.1) is 0 Å². The largest absolute Gasteiger partial charge is 0.381 e. The highest BCUT2D eigenvalue weighted by Crippen LogP contribution is 2.02. The highest BCUT2D eigenvalue weighted by atomic mass is 32.2. The molecule has 1 saturated heterocycles. The number of nitrogens with one attached hydrogen (secondary N) is 2. The number of sulfonamides is 1. The van der Waals surface area contributed by atoms with Gasteiger partial charge in [0.25, 0.3) is 0 Å². The van der Waals surface area contributed by atoms with E-state index in [0.29, 0.717) is 13.2 Å². The number of rotatable bonds is 7. The molecule has 0 aromatic heterocycles. The Morgan fingerprint density at radius 1 is 1.53 bits per heavy atom. The van der Waals surface area contributed by atoms with Crippen molar-refractivity contribution in [2.75, 3.05) is 45.1 Å². The molecule has 0 aromatic rings. The lowest BCUT2D eigenvalue weighted by molar-refractivity contribution is -0.132. The van der Waals surface area contributed by atoms with E-state index in [1.54, 1.807) is 11.8 Å². The molecule has 19 heavy (non-hydrogen) atoms. The van der Waals surface area contributed by atoms with E-state index in [1.165, 1.54) is 0 Å². The number of nitrogens with zero attached hydrogens (tertiary/aromatic N) is 1. The molecule has 1 heterocycles. The molecule has 0 spiro atoms. The number of hydrogen-bond donors (Lipinski definition) is 2. The molecule has 1 rings (SSSR count). The summed E-state index contributed by atoms with van der Waals surface area (Å²) in [5, 5.41) is 3.18. The number of hydrogen-bond acceptors (Lipinski definition) is 5. The van der Waals surface area contributed by atoms with E-state index >= 15 is 0 Å². The molecule has 8 heteroatoms. The smallest absolute Gasteiger partial charge is 0.237 e. The molecule has 7 nitrogen and oxygen atoms in total. The van der Waals surface area contributed by atoms with E-state index in [2.05, 4.69) is 10.0 Å². The van der Waals surface area contributed by atoms with Crippen molar-refractivity contribution in [3.63, 3.8) is 0 Å². The second-order valence-corrected chi connectivity index (χ2v) is 6.40. The Morgan fingerprint density at radius 2 is 2.26 bits per heavy atom. The number of carbonyl (C=O) groups excluding carboxylic acids is 1. The van der Waals surface area contributed by atoms with Crippen LogP contribution in [0.25, 0.3) is 0 Å². The van der Waals surface area contributed by atoms with E-state index in [9.17, 15) is 13.2 Å². The first-order valence-electron chi connectivity index (χ1n) is 6.51. The lowest BCUT2D eigenvalue weighted by Gasteiger charge is -2.34. The SMILES string of the molecule is CCOCCS(=O)(=O)NCC(=O)N1CCNC[C@H]1C. The van der Waals surface area contributed by atoms with Crippen molar-refractivity contribution in [2.45, 2.75) is 19.9 Å². The van der Waals surface area contributed by atoms with E-state index in [4.69, 9.17) is 4.74 Å². The molecule has 2 N–H and O–H groups in total. The number of piperazine rings is 1. The van der Waals surface area contributed by atoms with Gasteiger partial charge in [-0.3, -0.25) is 4.79 Å². The lowest BCUT2D eigenvalue weighted by atomic mass is 10.2. The van der Waals surface area contributed by atoms with Crippen LogP contribution in [0.15, 0.2) is 0 Å². The Kier molecular flexibility index (Phi) is 6.70. The summed E-state index contributed by atoms with van der Waals surface area (Å²) in [7, 11) is -3.44. The van der Waals surface area contributed by atoms with Crippen LogP contribution in [-0.4, -0.2) is 70.4 Å². The van der Waals surface area contributed by atoms with Crippen LogP contribution >= 0.6 is 0 Å². The predicted molar refractivity (Wildman–Crippen MR) is 72.3 cm³/mol. The van der Waals surface area contributed by atoms with Crippen molar-refractivity contribution < 1.29 is 17.9 Å². The van der Waals surface area contributed by atoms with Gasteiger partial charge in [0, 0.05) is 32.3 Å². The third-order valence-corrected chi connectivity index (χ3v) is 4.25. The van der Waals surface area contributed by atoms with Gasteiger partial charge in [0.15, 0.2) is 0 Å². The summed E-state index contributed by atoms with van der Waals surface area (Å²) in [5.41, 5.74) is 0. The van der Waals surface area contributed by atoms with Gasteiger partial charge in [-0.05, 0) is 13.8 Å². The highest BCUT2D eigenvalue weighted by Gasteiger charge is 2.23. The van der Waals surface area contributed by atoms with Crippen molar-refractivity contribution in [1.82, 2.24) is 14.9 Å². The molecule has 1 fully saturated rings. The minimum Gasteiger partial charge on any atom is -0.381 e. The van der Waals surface area contributed by atoms with Gasteiger partial charge in [-0.25, -0.2) is 13.1 Å². The molecule has 1 atom stereocenters. The van der Waals surface area contributed by atoms with Crippen molar-refractivity contribution >= 4 is 15.9 Å². The van der Waals surface area contributed by atoms with Crippen LogP contribution in [0.1, 0.15) is 13.8 Å². The molecular formula is C11H23N3O4S. The summed E-state index contributed by atoms with van der Waals surface area (Å²) < 4.78 is 30.5. The van der Waals surface area contributed by atoms with E-state index in [1.807, 2.05) is 6.92 Å². The highest BCUT2D eigenvalue weighted by molar-refractivity contribution is 7.89. The van der Waals surface area contributed by atoms with Crippen molar-refractivity contribution in [1.29, 1.82) is 0 Å².